The van der Waals surface area contributed by atoms with Gasteiger partial charge in [0.1, 0.15) is 0 Å². The molecule has 1 aromatic rings. The summed E-state index contributed by atoms with van der Waals surface area (Å²) in [6.45, 7) is 2.06. The topological polar surface area (TPSA) is 64.6 Å². The van der Waals surface area contributed by atoms with Crippen LogP contribution in [0.25, 0.3) is 0 Å². The van der Waals surface area contributed by atoms with Crippen molar-refractivity contribution < 1.29 is 17.9 Å². The first-order valence-electron chi connectivity index (χ1n) is 9.59. The van der Waals surface area contributed by atoms with Crippen LogP contribution < -0.4 is 14.2 Å². The number of hydrogen-bond acceptors (Lipinski definition) is 4. The van der Waals surface area contributed by atoms with Crippen molar-refractivity contribution in [2.45, 2.75) is 56.4 Å². The van der Waals surface area contributed by atoms with Gasteiger partial charge in [0.25, 0.3) is 0 Å². The van der Waals surface area contributed by atoms with Crippen molar-refractivity contribution in [3.05, 3.63) is 18.2 Å². The number of methoxy groups -OCH3 is 2. The molecule has 1 aromatic carbocycles. The zero-order valence-electron chi connectivity index (χ0n) is 15.8. The first-order chi connectivity index (χ1) is 12.3. The predicted molar refractivity (Wildman–Crippen MR) is 99.9 cm³/mol. The minimum atomic E-state index is -3.60. The van der Waals surface area contributed by atoms with Crippen LogP contribution in [0.4, 0.5) is 0 Å². The molecule has 0 saturated heterocycles. The van der Waals surface area contributed by atoms with E-state index in [0.29, 0.717) is 11.5 Å². The molecular formula is C20H29NO4S. The van der Waals surface area contributed by atoms with Crippen molar-refractivity contribution in [2.75, 3.05) is 14.2 Å². The molecule has 1 atom stereocenters. The molecule has 4 aliphatic carbocycles. The van der Waals surface area contributed by atoms with Gasteiger partial charge < -0.3 is 9.47 Å². The smallest absolute Gasteiger partial charge is 0.240 e. The summed E-state index contributed by atoms with van der Waals surface area (Å²) in [5.41, 5.74) is 0.137. The minimum Gasteiger partial charge on any atom is -0.493 e. The molecule has 26 heavy (non-hydrogen) atoms. The Hall–Kier alpha value is -1.27. The Labute approximate surface area is 156 Å². The molecule has 5 nitrogen and oxygen atoms in total. The highest BCUT2D eigenvalue weighted by Gasteiger charge is 2.53. The number of nitrogens with one attached hydrogen (secondary N) is 1. The lowest BCUT2D eigenvalue weighted by Crippen LogP contribution is -2.55. The fourth-order valence-corrected chi connectivity index (χ4v) is 7.48. The van der Waals surface area contributed by atoms with Gasteiger partial charge in [-0.1, -0.05) is 0 Å². The van der Waals surface area contributed by atoms with Crippen molar-refractivity contribution in [1.82, 2.24) is 4.72 Å². The molecule has 1 N–H and O–H groups in total. The van der Waals surface area contributed by atoms with E-state index in [1.807, 2.05) is 0 Å². The summed E-state index contributed by atoms with van der Waals surface area (Å²) in [6.07, 6.45) is 7.59. The average Bonchev–Trinajstić information content (AvgIpc) is 2.59. The van der Waals surface area contributed by atoms with Crippen LogP contribution in [-0.4, -0.2) is 28.7 Å². The Bertz CT molecular complexity index is 754. The average molecular weight is 380 g/mol. The minimum absolute atomic E-state index is 0.0472. The van der Waals surface area contributed by atoms with E-state index in [9.17, 15) is 8.42 Å². The summed E-state index contributed by atoms with van der Waals surface area (Å²) in [5, 5.41) is 0. The van der Waals surface area contributed by atoms with E-state index in [2.05, 4.69) is 11.6 Å². The summed E-state index contributed by atoms with van der Waals surface area (Å²) < 4.78 is 39.5. The van der Waals surface area contributed by atoms with Crippen LogP contribution in [0.2, 0.25) is 0 Å². The van der Waals surface area contributed by atoms with E-state index in [1.165, 1.54) is 51.7 Å². The number of ether oxygens (including phenoxy) is 2. The lowest BCUT2D eigenvalue weighted by molar-refractivity contribution is -0.0666. The zero-order chi connectivity index (χ0) is 18.5. The summed E-state index contributed by atoms with van der Waals surface area (Å²) >= 11 is 0. The number of rotatable bonds is 6. The number of benzene rings is 1. The molecule has 0 aromatic heterocycles. The van der Waals surface area contributed by atoms with Gasteiger partial charge in [0.15, 0.2) is 11.5 Å². The van der Waals surface area contributed by atoms with Crippen LogP contribution in [0.5, 0.6) is 11.5 Å². The largest absolute Gasteiger partial charge is 0.493 e. The Morgan fingerprint density at radius 1 is 1.00 bits per heavy atom. The second kappa shape index (κ2) is 6.41. The highest BCUT2D eigenvalue weighted by molar-refractivity contribution is 7.89. The molecular weight excluding hydrogens is 350 g/mol. The third-order valence-corrected chi connectivity index (χ3v) is 8.54. The van der Waals surface area contributed by atoms with Gasteiger partial charge in [0.05, 0.1) is 19.1 Å². The lowest BCUT2D eigenvalue weighted by atomic mass is 9.48. The van der Waals surface area contributed by atoms with Crippen LogP contribution in [0.3, 0.4) is 0 Å². The molecule has 4 aliphatic rings. The number of hydrogen-bond donors (Lipinski definition) is 1. The molecule has 6 heteroatoms. The van der Waals surface area contributed by atoms with Crippen molar-refractivity contribution in [1.29, 1.82) is 0 Å². The van der Waals surface area contributed by atoms with E-state index in [0.717, 1.165) is 17.8 Å². The molecule has 0 radical (unpaired) electrons. The number of sulfonamides is 1. The lowest BCUT2D eigenvalue weighted by Gasteiger charge is -2.59. The molecule has 4 fully saturated rings. The highest BCUT2D eigenvalue weighted by Crippen LogP contribution is 2.61. The molecule has 5 rings (SSSR count). The molecule has 0 aliphatic heterocycles. The van der Waals surface area contributed by atoms with Gasteiger partial charge in [-0.15, -0.1) is 0 Å². The third kappa shape index (κ3) is 3.01. The normalized spacial score (nSPS) is 33.9. The monoisotopic (exact) mass is 379 g/mol. The summed E-state index contributed by atoms with van der Waals surface area (Å²) in [6, 6.07) is 4.71. The summed E-state index contributed by atoms with van der Waals surface area (Å²) in [7, 11) is -0.542. The Kier molecular flexibility index (Phi) is 4.47. The van der Waals surface area contributed by atoms with Crippen LogP contribution in [0.15, 0.2) is 23.1 Å². The Balaban J connectivity index is 1.56. The second-order valence-electron chi connectivity index (χ2n) is 8.64. The Morgan fingerprint density at radius 3 is 2.04 bits per heavy atom. The zero-order valence-corrected chi connectivity index (χ0v) is 16.6. The van der Waals surface area contributed by atoms with Gasteiger partial charge in [0, 0.05) is 12.1 Å². The quantitative estimate of drug-likeness (QED) is 0.820. The van der Waals surface area contributed by atoms with E-state index < -0.39 is 10.0 Å². The SMILES string of the molecule is COc1ccc(S(=O)(=O)N[C@H](C)C23CC4CC(CC(C4)C2)C3)cc1OC. The first-order valence-corrected chi connectivity index (χ1v) is 11.1. The molecule has 0 heterocycles. The predicted octanol–water partition coefficient (Wildman–Crippen LogP) is 3.59. The first kappa shape index (κ1) is 18.1. The van der Waals surface area contributed by atoms with Crippen LogP contribution in [0.1, 0.15) is 45.4 Å². The van der Waals surface area contributed by atoms with Crippen molar-refractivity contribution in [2.24, 2.45) is 23.2 Å². The fraction of sp³-hybridized carbons (Fsp3) is 0.700. The van der Waals surface area contributed by atoms with Crippen molar-refractivity contribution in [3.8, 4) is 11.5 Å². The Morgan fingerprint density at radius 2 is 1.54 bits per heavy atom. The van der Waals surface area contributed by atoms with Crippen LogP contribution >= 0.6 is 0 Å². The van der Waals surface area contributed by atoms with E-state index in [1.54, 1.807) is 19.2 Å². The van der Waals surface area contributed by atoms with Crippen molar-refractivity contribution in [3.63, 3.8) is 0 Å². The molecule has 0 unspecified atom stereocenters. The molecule has 0 amide bonds. The van der Waals surface area contributed by atoms with E-state index in [4.69, 9.17) is 9.47 Å². The summed E-state index contributed by atoms with van der Waals surface area (Å²) in [4.78, 5) is 0.228. The maximum absolute atomic E-state index is 13.0. The van der Waals surface area contributed by atoms with E-state index in [-0.39, 0.29) is 16.4 Å². The van der Waals surface area contributed by atoms with Gasteiger partial charge in [-0.05, 0) is 80.8 Å². The third-order valence-electron chi connectivity index (χ3n) is 7.00. The highest BCUT2D eigenvalue weighted by atomic mass is 32.2. The van der Waals surface area contributed by atoms with Gasteiger partial charge >= 0.3 is 0 Å². The van der Waals surface area contributed by atoms with E-state index >= 15 is 0 Å². The standard InChI is InChI=1S/C20H29NO4S/c1-13(20-10-14-6-15(11-20)8-16(7-14)12-20)21-26(22,23)17-4-5-18(24-2)19(9-17)25-3/h4-5,9,13-16,21H,6-8,10-12H2,1-3H3/t13-,14?,15?,16?,20?/m1/s1. The van der Waals surface area contributed by atoms with Gasteiger partial charge in [-0.2, -0.15) is 0 Å². The van der Waals surface area contributed by atoms with Gasteiger partial charge in [-0.3, -0.25) is 0 Å². The molecule has 144 valence electrons. The molecule has 4 saturated carbocycles. The van der Waals surface area contributed by atoms with Crippen LogP contribution in [0, 0.1) is 23.2 Å². The van der Waals surface area contributed by atoms with Gasteiger partial charge in [0.2, 0.25) is 10.0 Å². The molecule has 4 bridgehead atoms. The second-order valence-corrected chi connectivity index (χ2v) is 10.4. The molecule has 0 spiro atoms. The maximum Gasteiger partial charge on any atom is 0.240 e. The fourth-order valence-electron chi connectivity index (χ4n) is 6.12. The summed E-state index contributed by atoms with van der Waals surface area (Å²) in [5.74, 6) is 3.36. The van der Waals surface area contributed by atoms with Crippen LogP contribution in [-0.2, 0) is 10.0 Å². The van der Waals surface area contributed by atoms with Gasteiger partial charge in [-0.25, -0.2) is 13.1 Å². The maximum atomic E-state index is 13.0. The van der Waals surface area contributed by atoms with Crippen molar-refractivity contribution >= 4 is 10.0 Å².